The number of aromatic carboxylic acids is 1. The zero-order valence-electron chi connectivity index (χ0n) is 9.63. The number of carboxylic acid groups (broad SMARTS) is 1. The van der Waals surface area contributed by atoms with Crippen LogP contribution in [0.25, 0.3) is 10.9 Å². The largest absolute Gasteiger partial charge is 0.478 e. The Balaban J connectivity index is 2.80. The summed E-state index contributed by atoms with van der Waals surface area (Å²) in [4.78, 5) is 14.9. The molecule has 0 fully saturated rings. The molecule has 106 valence electrons. The summed E-state index contributed by atoms with van der Waals surface area (Å²) >= 11 is 11.5. The molecule has 0 aliphatic rings. The molecule has 0 radical (unpaired) electrons. The van der Waals surface area contributed by atoms with E-state index in [9.17, 15) is 18.0 Å². The molecule has 0 unspecified atom stereocenters. The van der Waals surface area contributed by atoms with Gasteiger partial charge in [0, 0.05) is 11.6 Å². The van der Waals surface area contributed by atoms with Crippen LogP contribution in [0.5, 0.6) is 0 Å². The van der Waals surface area contributed by atoms with Crippen molar-refractivity contribution < 1.29 is 23.1 Å². The molecule has 0 amide bonds. The number of hydrogen-bond acceptors (Lipinski definition) is 2. The van der Waals surface area contributed by atoms with Crippen molar-refractivity contribution in [2.45, 2.75) is 12.6 Å². The first kappa shape index (κ1) is 14.9. The molecule has 2 aromatic rings. The third-order valence-corrected chi connectivity index (χ3v) is 3.09. The number of carboxylic acids is 1. The number of nitrogens with zero attached hydrogens (tertiary/aromatic N) is 1. The van der Waals surface area contributed by atoms with E-state index in [0.29, 0.717) is 0 Å². The third-order valence-electron chi connectivity index (χ3n) is 2.58. The summed E-state index contributed by atoms with van der Waals surface area (Å²) in [6.07, 6.45) is -4.54. The minimum atomic E-state index is -4.46. The topological polar surface area (TPSA) is 50.2 Å². The van der Waals surface area contributed by atoms with Crippen LogP contribution in [0.2, 0.25) is 10.0 Å². The molecule has 3 nitrogen and oxygen atoms in total. The first-order valence-electron chi connectivity index (χ1n) is 5.25. The summed E-state index contributed by atoms with van der Waals surface area (Å²) in [6, 6.07) is 2.23. The van der Waals surface area contributed by atoms with E-state index in [2.05, 4.69) is 4.98 Å². The van der Waals surface area contributed by atoms with E-state index in [1.807, 2.05) is 0 Å². The fourth-order valence-electron chi connectivity index (χ4n) is 1.86. The lowest BCUT2D eigenvalue weighted by Gasteiger charge is -2.12. The smallest absolute Gasteiger partial charge is 0.393 e. The fourth-order valence-corrected chi connectivity index (χ4v) is 2.32. The maximum Gasteiger partial charge on any atom is 0.393 e. The van der Waals surface area contributed by atoms with Gasteiger partial charge in [0.2, 0.25) is 0 Å². The quantitative estimate of drug-likeness (QED) is 0.894. The van der Waals surface area contributed by atoms with Gasteiger partial charge < -0.3 is 5.11 Å². The average molecular weight is 324 g/mol. The SMILES string of the molecule is O=C(O)c1c(Cl)cc(CC(F)(F)F)c2cc(Cl)cnc12. The Morgan fingerprint density at radius 3 is 2.50 bits per heavy atom. The molecule has 0 bridgehead atoms. The molecular weight excluding hydrogens is 318 g/mol. The number of halogens is 5. The van der Waals surface area contributed by atoms with E-state index < -0.39 is 18.6 Å². The molecule has 1 heterocycles. The summed E-state index contributed by atoms with van der Waals surface area (Å²) in [6.45, 7) is 0. The number of alkyl halides is 3. The molecule has 0 saturated carbocycles. The highest BCUT2D eigenvalue weighted by Gasteiger charge is 2.30. The maximum absolute atomic E-state index is 12.5. The van der Waals surface area contributed by atoms with Crippen molar-refractivity contribution in [3.8, 4) is 0 Å². The summed E-state index contributed by atoms with van der Waals surface area (Å²) < 4.78 is 37.6. The van der Waals surface area contributed by atoms with Crippen molar-refractivity contribution in [1.29, 1.82) is 0 Å². The summed E-state index contributed by atoms with van der Waals surface area (Å²) in [5.41, 5.74) is -0.629. The van der Waals surface area contributed by atoms with Crippen LogP contribution in [-0.4, -0.2) is 22.2 Å². The van der Waals surface area contributed by atoms with Gasteiger partial charge >= 0.3 is 12.1 Å². The molecule has 2 rings (SSSR count). The van der Waals surface area contributed by atoms with Gasteiger partial charge in [-0.05, 0) is 17.7 Å². The Hall–Kier alpha value is -1.53. The van der Waals surface area contributed by atoms with Gasteiger partial charge in [0.1, 0.15) is 5.56 Å². The van der Waals surface area contributed by atoms with Gasteiger partial charge in [-0.15, -0.1) is 0 Å². The highest BCUT2D eigenvalue weighted by atomic mass is 35.5. The number of aromatic nitrogens is 1. The number of carbonyl (C=O) groups is 1. The van der Waals surface area contributed by atoms with Crippen molar-refractivity contribution in [2.24, 2.45) is 0 Å². The minimum absolute atomic E-state index is 0.0247. The Kier molecular flexibility index (Phi) is 3.80. The molecule has 1 aromatic carbocycles. The van der Waals surface area contributed by atoms with Crippen LogP contribution in [0.15, 0.2) is 18.3 Å². The zero-order chi connectivity index (χ0) is 15.1. The summed E-state index contributed by atoms with van der Waals surface area (Å²) in [5, 5.41) is 8.92. The molecule has 0 aliphatic carbocycles. The highest BCUT2D eigenvalue weighted by Crippen LogP contribution is 2.33. The van der Waals surface area contributed by atoms with Gasteiger partial charge in [0.15, 0.2) is 0 Å². The van der Waals surface area contributed by atoms with E-state index >= 15 is 0 Å². The maximum atomic E-state index is 12.5. The van der Waals surface area contributed by atoms with Crippen LogP contribution < -0.4 is 0 Å². The lowest BCUT2D eigenvalue weighted by Crippen LogP contribution is -2.13. The summed E-state index contributed by atoms with van der Waals surface area (Å²) in [5.74, 6) is -1.37. The predicted molar refractivity (Wildman–Crippen MR) is 68.5 cm³/mol. The van der Waals surface area contributed by atoms with Gasteiger partial charge in [-0.1, -0.05) is 23.2 Å². The van der Waals surface area contributed by atoms with Crippen molar-refractivity contribution in [2.75, 3.05) is 0 Å². The predicted octanol–water partition coefficient (Wildman–Crippen LogP) is 4.34. The number of rotatable bonds is 2. The van der Waals surface area contributed by atoms with Gasteiger partial charge in [-0.2, -0.15) is 13.2 Å². The molecule has 0 saturated heterocycles. The molecule has 1 aromatic heterocycles. The van der Waals surface area contributed by atoms with Gasteiger partial charge in [0.05, 0.1) is 22.0 Å². The Morgan fingerprint density at radius 1 is 1.30 bits per heavy atom. The van der Waals surface area contributed by atoms with E-state index in [1.165, 1.54) is 6.07 Å². The van der Waals surface area contributed by atoms with Crippen LogP contribution in [0.4, 0.5) is 13.2 Å². The van der Waals surface area contributed by atoms with Crippen molar-refractivity contribution in [3.05, 3.63) is 39.5 Å². The number of hydrogen-bond donors (Lipinski definition) is 1. The van der Waals surface area contributed by atoms with Crippen molar-refractivity contribution in [3.63, 3.8) is 0 Å². The van der Waals surface area contributed by atoms with Gasteiger partial charge in [0.25, 0.3) is 0 Å². The zero-order valence-corrected chi connectivity index (χ0v) is 11.1. The number of fused-ring (bicyclic) bond motifs is 1. The second kappa shape index (κ2) is 5.10. The Labute approximate surface area is 120 Å². The second-order valence-electron chi connectivity index (χ2n) is 4.04. The van der Waals surface area contributed by atoms with Gasteiger partial charge in [-0.3, -0.25) is 4.98 Å². The normalized spacial score (nSPS) is 11.8. The molecule has 20 heavy (non-hydrogen) atoms. The minimum Gasteiger partial charge on any atom is -0.478 e. The molecular formula is C12H6Cl2F3NO2. The highest BCUT2D eigenvalue weighted by molar-refractivity contribution is 6.35. The van der Waals surface area contributed by atoms with E-state index in [0.717, 1.165) is 12.3 Å². The van der Waals surface area contributed by atoms with E-state index in [-0.39, 0.29) is 32.1 Å². The van der Waals surface area contributed by atoms with Crippen molar-refractivity contribution in [1.82, 2.24) is 4.98 Å². The Bertz CT molecular complexity index is 701. The third kappa shape index (κ3) is 2.96. The second-order valence-corrected chi connectivity index (χ2v) is 4.88. The van der Waals surface area contributed by atoms with Crippen molar-refractivity contribution >= 4 is 40.1 Å². The van der Waals surface area contributed by atoms with E-state index in [4.69, 9.17) is 28.3 Å². The average Bonchev–Trinajstić information content (AvgIpc) is 2.27. The number of benzene rings is 1. The fraction of sp³-hybridized carbons (Fsp3) is 0.167. The van der Waals surface area contributed by atoms with Crippen LogP contribution in [-0.2, 0) is 6.42 Å². The standard InChI is InChI=1S/C12H6Cl2F3NO2/c13-6-2-7-5(3-12(15,16)17)1-8(14)9(11(19)20)10(7)18-4-6/h1-2,4H,3H2,(H,19,20). The monoisotopic (exact) mass is 323 g/mol. The van der Waals surface area contributed by atoms with Gasteiger partial charge in [-0.25, -0.2) is 4.79 Å². The Morgan fingerprint density at radius 2 is 1.95 bits per heavy atom. The number of pyridine rings is 1. The molecule has 1 N–H and O–H groups in total. The molecule has 0 aliphatic heterocycles. The summed E-state index contributed by atoms with van der Waals surface area (Å²) in [7, 11) is 0. The molecule has 0 atom stereocenters. The lowest BCUT2D eigenvalue weighted by atomic mass is 10.0. The lowest BCUT2D eigenvalue weighted by molar-refractivity contribution is -0.126. The van der Waals surface area contributed by atoms with Crippen LogP contribution >= 0.6 is 23.2 Å². The van der Waals surface area contributed by atoms with Crippen LogP contribution in [0.3, 0.4) is 0 Å². The first-order chi connectivity index (χ1) is 9.19. The molecule has 8 heteroatoms. The van der Waals surface area contributed by atoms with Crippen LogP contribution in [0.1, 0.15) is 15.9 Å². The van der Waals surface area contributed by atoms with Crippen LogP contribution in [0, 0.1) is 0 Å². The molecule has 0 spiro atoms. The van der Waals surface area contributed by atoms with E-state index in [1.54, 1.807) is 0 Å². The first-order valence-corrected chi connectivity index (χ1v) is 6.01.